The minimum absolute atomic E-state index is 0.115. The van der Waals surface area contributed by atoms with E-state index in [1.54, 1.807) is 12.1 Å². The average molecular weight is 549 g/mol. The maximum Gasteiger partial charge on any atom is 0.320 e. The molecule has 1 aromatic carbocycles. The first kappa shape index (κ1) is 28.0. The van der Waals surface area contributed by atoms with Crippen LogP contribution >= 0.6 is 0 Å². The number of aliphatic carboxylic acids is 1. The molecule has 2 saturated heterocycles. The molecule has 0 spiro atoms. The molecule has 2 saturated carbocycles. The van der Waals surface area contributed by atoms with Gasteiger partial charge in [0, 0.05) is 25.6 Å². The van der Waals surface area contributed by atoms with Crippen molar-refractivity contribution in [2.75, 3.05) is 38.5 Å². The molecule has 0 unspecified atom stereocenters. The van der Waals surface area contributed by atoms with Gasteiger partial charge in [0.25, 0.3) is 0 Å². The predicted octanol–water partition coefficient (Wildman–Crippen LogP) is 4.94. The molecule has 1 aromatic rings. The first-order valence-electron chi connectivity index (χ1n) is 14.9. The van der Waals surface area contributed by atoms with Gasteiger partial charge in [-0.2, -0.15) is 0 Å². The van der Waals surface area contributed by atoms with Crippen molar-refractivity contribution in [1.82, 2.24) is 9.80 Å². The number of sulfone groups is 1. The number of hydrogen-bond donors (Lipinski definition) is 1. The van der Waals surface area contributed by atoms with Crippen LogP contribution in [0.25, 0.3) is 0 Å². The van der Waals surface area contributed by atoms with Gasteiger partial charge in [-0.1, -0.05) is 44.2 Å². The molecule has 0 aromatic heterocycles. The lowest BCUT2D eigenvalue weighted by atomic mass is 9.87. The lowest BCUT2D eigenvalue weighted by Gasteiger charge is -2.35. The second kappa shape index (κ2) is 12.3. The van der Waals surface area contributed by atoms with Gasteiger partial charge in [0.2, 0.25) is 0 Å². The number of carbonyl (C=O) groups is 1. The standard InChI is InChI=1S/C30H45FN2O4S/c31-26-6-4-5-24(18-26)28-21-33(29(30(34)35)17-23-9-10-23)20-25(28)19-32-14-11-22(12-15-32)13-16-38(36,37)27-7-2-1-3-8-27/h4-6,18,22-23,25,27-29H,1-3,7-17,19-21H2,(H,34,35)/t25-,28+,29+/m0/s1. The van der Waals surface area contributed by atoms with Crippen molar-refractivity contribution in [3.63, 3.8) is 0 Å². The maximum atomic E-state index is 14.1. The molecule has 38 heavy (non-hydrogen) atoms. The zero-order valence-corrected chi connectivity index (χ0v) is 23.5. The monoisotopic (exact) mass is 548 g/mol. The van der Waals surface area contributed by atoms with Crippen molar-refractivity contribution in [3.8, 4) is 0 Å². The van der Waals surface area contributed by atoms with E-state index in [1.165, 1.54) is 12.5 Å². The van der Waals surface area contributed by atoms with Crippen LogP contribution in [0, 0.1) is 23.6 Å². The Kier molecular flexibility index (Phi) is 9.10. The van der Waals surface area contributed by atoms with E-state index in [1.807, 2.05) is 6.07 Å². The summed E-state index contributed by atoms with van der Waals surface area (Å²) in [6.07, 6.45) is 10.7. The molecular formula is C30H45FN2O4S. The topological polar surface area (TPSA) is 77.9 Å². The van der Waals surface area contributed by atoms with Gasteiger partial charge in [0.1, 0.15) is 11.9 Å². The number of carboxylic acids is 1. The first-order valence-corrected chi connectivity index (χ1v) is 16.7. The zero-order valence-electron chi connectivity index (χ0n) is 22.6. The molecule has 0 bridgehead atoms. The fourth-order valence-electron chi connectivity index (χ4n) is 7.25. The summed E-state index contributed by atoms with van der Waals surface area (Å²) < 4.78 is 39.8. The van der Waals surface area contributed by atoms with Crippen LogP contribution in [-0.2, 0) is 14.6 Å². The molecule has 8 heteroatoms. The van der Waals surface area contributed by atoms with E-state index in [4.69, 9.17) is 0 Å². The number of rotatable bonds is 11. The number of halogens is 1. The van der Waals surface area contributed by atoms with Crippen molar-refractivity contribution in [3.05, 3.63) is 35.6 Å². The number of benzene rings is 1. The Balaban J connectivity index is 1.17. The van der Waals surface area contributed by atoms with Gasteiger partial charge >= 0.3 is 5.97 Å². The highest BCUT2D eigenvalue weighted by Gasteiger charge is 2.42. The van der Waals surface area contributed by atoms with E-state index in [9.17, 15) is 22.7 Å². The van der Waals surface area contributed by atoms with Crippen LogP contribution in [-0.4, -0.2) is 79.1 Å². The summed E-state index contributed by atoms with van der Waals surface area (Å²) >= 11 is 0. The quantitative estimate of drug-likeness (QED) is 0.422. The number of nitrogens with zero attached hydrogens (tertiary/aromatic N) is 2. The number of piperidine rings is 1. The molecule has 2 aliphatic carbocycles. The van der Waals surface area contributed by atoms with Gasteiger partial charge in [0.05, 0.1) is 11.0 Å². The van der Waals surface area contributed by atoms with Crippen molar-refractivity contribution in [2.45, 2.75) is 87.8 Å². The molecule has 212 valence electrons. The van der Waals surface area contributed by atoms with Crippen LogP contribution in [0.2, 0.25) is 0 Å². The summed E-state index contributed by atoms with van der Waals surface area (Å²) in [6.45, 7) is 4.16. The predicted molar refractivity (Wildman–Crippen MR) is 147 cm³/mol. The Labute approximate surface area is 227 Å². The van der Waals surface area contributed by atoms with Gasteiger partial charge in [-0.25, -0.2) is 12.8 Å². The fourth-order valence-corrected chi connectivity index (χ4v) is 9.29. The molecule has 1 N–H and O–H groups in total. The molecule has 5 rings (SSSR count). The molecule has 2 aliphatic heterocycles. The SMILES string of the molecule is O=C(O)[C@@H](CC1CC1)N1C[C@H](CN2CCC(CCS(=O)(=O)C3CCCCC3)CC2)[C@@H](c2cccc(F)c2)C1. The summed E-state index contributed by atoms with van der Waals surface area (Å²) in [5.74, 6) is 0.712. The number of likely N-dealkylation sites (tertiary alicyclic amines) is 2. The van der Waals surface area contributed by atoms with Crippen LogP contribution < -0.4 is 0 Å². The van der Waals surface area contributed by atoms with E-state index >= 15 is 0 Å². The van der Waals surface area contributed by atoms with Crippen LogP contribution in [0.1, 0.15) is 82.1 Å². The maximum absolute atomic E-state index is 14.1. The van der Waals surface area contributed by atoms with Crippen LogP contribution in [0.4, 0.5) is 4.39 Å². The summed E-state index contributed by atoms with van der Waals surface area (Å²) in [4.78, 5) is 16.8. The third-order valence-electron chi connectivity index (χ3n) is 9.80. The summed E-state index contributed by atoms with van der Waals surface area (Å²) in [6, 6.07) is 6.38. The Hall–Kier alpha value is -1.51. The smallest absolute Gasteiger partial charge is 0.320 e. The van der Waals surface area contributed by atoms with Crippen molar-refractivity contribution >= 4 is 15.8 Å². The van der Waals surface area contributed by atoms with E-state index in [2.05, 4.69) is 9.80 Å². The summed E-state index contributed by atoms with van der Waals surface area (Å²) in [5, 5.41) is 9.87. The van der Waals surface area contributed by atoms with E-state index in [0.717, 1.165) is 89.5 Å². The summed E-state index contributed by atoms with van der Waals surface area (Å²) in [5.41, 5.74) is 0.968. The van der Waals surface area contributed by atoms with E-state index in [0.29, 0.717) is 30.6 Å². The third-order valence-corrected chi connectivity index (χ3v) is 12.1. The van der Waals surface area contributed by atoms with Gasteiger partial charge in [-0.3, -0.25) is 9.69 Å². The number of hydrogen-bond acceptors (Lipinski definition) is 5. The van der Waals surface area contributed by atoms with E-state index in [-0.39, 0.29) is 22.9 Å². The van der Waals surface area contributed by atoms with Gasteiger partial charge in [0.15, 0.2) is 9.84 Å². The van der Waals surface area contributed by atoms with Gasteiger partial charge < -0.3 is 10.0 Å². The van der Waals surface area contributed by atoms with Crippen molar-refractivity contribution in [1.29, 1.82) is 0 Å². The molecule has 2 heterocycles. The highest BCUT2D eigenvalue weighted by Crippen LogP contribution is 2.40. The molecule has 3 atom stereocenters. The zero-order chi connectivity index (χ0) is 26.7. The van der Waals surface area contributed by atoms with Crippen LogP contribution in [0.5, 0.6) is 0 Å². The van der Waals surface area contributed by atoms with E-state index < -0.39 is 21.8 Å². The second-order valence-corrected chi connectivity index (χ2v) is 15.0. The Morgan fingerprint density at radius 3 is 2.39 bits per heavy atom. The molecule has 0 amide bonds. The van der Waals surface area contributed by atoms with Gasteiger partial charge in [-0.15, -0.1) is 0 Å². The van der Waals surface area contributed by atoms with Crippen molar-refractivity contribution < 1.29 is 22.7 Å². The molecule has 0 radical (unpaired) electrons. The van der Waals surface area contributed by atoms with Crippen molar-refractivity contribution in [2.24, 2.45) is 17.8 Å². The highest BCUT2D eigenvalue weighted by atomic mass is 32.2. The normalized spacial score (nSPS) is 27.5. The van der Waals surface area contributed by atoms with Gasteiger partial charge in [-0.05, 0) is 87.1 Å². The molecule has 4 fully saturated rings. The largest absolute Gasteiger partial charge is 0.480 e. The second-order valence-electron chi connectivity index (χ2n) is 12.6. The minimum Gasteiger partial charge on any atom is -0.480 e. The lowest BCUT2D eigenvalue weighted by molar-refractivity contribution is -0.143. The Morgan fingerprint density at radius 1 is 1.00 bits per heavy atom. The lowest BCUT2D eigenvalue weighted by Crippen LogP contribution is -2.42. The minimum atomic E-state index is -2.98. The molecule has 6 nitrogen and oxygen atoms in total. The third kappa shape index (κ3) is 7.16. The summed E-state index contributed by atoms with van der Waals surface area (Å²) in [7, 11) is -2.98. The highest BCUT2D eigenvalue weighted by molar-refractivity contribution is 7.92. The number of carboxylic acid groups (broad SMARTS) is 1. The van der Waals surface area contributed by atoms with Crippen LogP contribution in [0.15, 0.2) is 24.3 Å². The Bertz CT molecular complexity index is 1050. The molecular weight excluding hydrogens is 503 g/mol. The first-order chi connectivity index (χ1) is 18.3. The fraction of sp³-hybridized carbons (Fsp3) is 0.767. The Morgan fingerprint density at radius 2 is 1.74 bits per heavy atom. The van der Waals surface area contributed by atoms with Crippen LogP contribution in [0.3, 0.4) is 0 Å². The molecule has 4 aliphatic rings. The average Bonchev–Trinajstić information content (AvgIpc) is 3.65.